The molecule has 1 fully saturated rings. The van der Waals surface area contributed by atoms with Crippen LogP contribution in [0.25, 0.3) is 0 Å². The quantitative estimate of drug-likeness (QED) is 0.789. The fraction of sp³-hybridized carbons (Fsp3) is 0.833. The number of likely N-dealkylation sites (tertiary alicyclic amines) is 1. The molecule has 1 aliphatic rings. The van der Waals surface area contributed by atoms with Crippen LogP contribution in [-0.2, 0) is 9.53 Å². The number of ether oxygens (including phenoxy) is 1. The molecule has 0 aromatic carbocycles. The monoisotopic (exact) mass is 257 g/mol. The van der Waals surface area contributed by atoms with Gasteiger partial charge >= 0.3 is 6.09 Å². The lowest BCUT2D eigenvalue weighted by atomic mass is 10.1. The Balaban J connectivity index is 2.35. The summed E-state index contributed by atoms with van der Waals surface area (Å²) in [5, 5.41) is 2.82. The Kier molecular flexibility index (Phi) is 4.56. The molecule has 0 aromatic heterocycles. The second kappa shape index (κ2) is 5.56. The molecule has 1 aliphatic heterocycles. The largest absolute Gasteiger partial charge is 0.444 e. The number of nitrogens with zero attached hydrogens (tertiary/aromatic N) is 2. The lowest BCUT2D eigenvalue weighted by molar-refractivity contribution is -0.134. The number of rotatable bonds is 3. The Morgan fingerprint density at radius 3 is 2.39 bits per heavy atom. The first-order valence-electron chi connectivity index (χ1n) is 6.13. The molecule has 6 heteroatoms. The predicted octanol–water partition coefficient (Wildman–Crippen LogP) is 0.284. The average molecular weight is 257 g/mol. The first-order chi connectivity index (χ1) is 8.24. The van der Waals surface area contributed by atoms with E-state index in [0.29, 0.717) is 19.6 Å². The van der Waals surface area contributed by atoms with Crippen molar-refractivity contribution < 1.29 is 14.3 Å². The highest BCUT2D eigenvalue weighted by Crippen LogP contribution is 2.18. The van der Waals surface area contributed by atoms with Crippen LogP contribution in [0.4, 0.5) is 4.79 Å². The summed E-state index contributed by atoms with van der Waals surface area (Å²) in [4.78, 5) is 26.6. The van der Waals surface area contributed by atoms with E-state index in [1.807, 2.05) is 20.8 Å². The summed E-state index contributed by atoms with van der Waals surface area (Å²) in [6.07, 6.45) is -0.312. The SMILES string of the molecule is CNCC(=O)N(C)C1CN(C(=O)OC(C)(C)C)C1. The maximum Gasteiger partial charge on any atom is 0.410 e. The van der Waals surface area contributed by atoms with Gasteiger partial charge in [-0.25, -0.2) is 4.79 Å². The zero-order valence-electron chi connectivity index (χ0n) is 11.8. The van der Waals surface area contributed by atoms with Crippen LogP contribution < -0.4 is 5.32 Å². The molecular weight excluding hydrogens is 234 g/mol. The normalized spacial score (nSPS) is 16.2. The van der Waals surface area contributed by atoms with Gasteiger partial charge in [0, 0.05) is 20.1 Å². The van der Waals surface area contributed by atoms with Crippen molar-refractivity contribution in [3.63, 3.8) is 0 Å². The van der Waals surface area contributed by atoms with E-state index in [9.17, 15) is 9.59 Å². The van der Waals surface area contributed by atoms with Crippen LogP contribution in [0.3, 0.4) is 0 Å². The molecule has 1 rings (SSSR count). The number of likely N-dealkylation sites (N-methyl/N-ethyl adjacent to an activating group) is 2. The van der Waals surface area contributed by atoms with Crippen molar-refractivity contribution in [1.82, 2.24) is 15.1 Å². The number of carbonyl (C=O) groups excluding carboxylic acids is 2. The third kappa shape index (κ3) is 3.87. The number of hydrogen-bond donors (Lipinski definition) is 1. The zero-order valence-corrected chi connectivity index (χ0v) is 11.8. The second-order valence-electron chi connectivity index (χ2n) is 5.57. The molecule has 0 bridgehead atoms. The van der Waals surface area contributed by atoms with Crippen molar-refractivity contribution in [3.8, 4) is 0 Å². The molecule has 104 valence electrons. The summed E-state index contributed by atoms with van der Waals surface area (Å²) in [6.45, 7) is 6.92. The molecule has 0 aliphatic carbocycles. The lowest BCUT2D eigenvalue weighted by Crippen LogP contribution is -2.62. The van der Waals surface area contributed by atoms with Gasteiger partial charge in [0.1, 0.15) is 5.60 Å². The highest BCUT2D eigenvalue weighted by atomic mass is 16.6. The van der Waals surface area contributed by atoms with Gasteiger partial charge in [-0.05, 0) is 27.8 Å². The topological polar surface area (TPSA) is 61.9 Å². The molecule has 6 nitrogen and oxygen atoms in total. The molecule has 0 spiro atoms. The fourth-order valence-electron chi connectivity index (χ4n) is 1.66. The maximum absolute atomic E-state index is 11.7. The van der Waals surface area contributed by atoms with Crippen LogP contribution in [0, 0.1) is 0 Å². The highest BCUT2D eigenvalue weighted by Gasteiger charge is 2.37. The Bertz CT molecular complexity index is 319. The van der Waals surface area contributed by atoms with Crippen LogP contribution in [0.1, 0.15) is 20.8 Å². The number of nitrogens with one attached hydrogen (secondary N) is 1. The Labute approximate surface area is 108 Å². The Hall–Kier alpha value is -1.30. The molecule has 2 amide bonds. The standard InChI is InChI=1S/C12H23N3O3/c1-12(2,3)18-11(17)15-7-9(8-15)14(5)10(16)6-13-4/h9,13H,6-8H2,1-5H3. The predicted molar refractivity (Wildman–Crippen MR) is 68.3 cm³/mol. The molecular formula is C12H23N3O3. The van der Waals surface area contributed by atoms with Gasteiger partial charge in [0.05, 0.1) is 12.6 Å². The second-order valence-corrected chi connectivity index (χ2v) is 5.57. The van der Waals surface area contributed by atoms with Crippen LogP contribution in [0.5, 0.6) is 0 Å². The average Bonchev–Trinajstić information content (AvgIpc) is 2.12. The summed E-state index contributed by atoms with van der Waals surface area (Å²) < 4.78 is 5.25. The van der Waals surface area contributed by atoms with E-state index in [4.69, 9.17) is 4.74 Å². The first kappa shape index (κ1) is 14.8. The summed E-state index contributed by atoms with van der Waals surface area (Å²) in [6, 6.07) is 0.0957. The minimum absolute atomic E-state index is 0.0336. The molecule has 0 aromatic rings. The number of carbonyl (C=O) groups is 2. The van der Waals surface area contributed by atoms with Gasteiger partial charge < -0.3 is 19.9 Å². The van der Waals surface area contributed by atoms with Crippen LogP contribution >= 0.6 is 0 Å². The molecule has 0 atom stereocenters. The summed E-state index contributed by atoms with van der Waals surface area (Å²) >= 11 is 0. The number of amides is 2. The van der Waals surface area contributed by atoms with E-state index in [0.717, 1.165) is 0 Å². The van der Waals surface area contributed by atoms with E-state index < -0.39 is 5.60 Å². The zero-order chi connectivity index (χ0) is 13.9. The third-order valence-corrected chi connectivity index (χ3v) is 2.78. The van der Waals surface area contributed by atoms with E-state index >= 15 is 0 Å². The minimum atomic E-state index is -0.476. The third-order valence-electron chi connectivity index (χ3n) is 2.78. The minimum Gasteiger partial charge on any atom is -0.444 e. The lowest BCUT2D eigenvalue weighted by Gasteiger charge is -2.43. The molecule has 0 unspecified atom stereocenters. The Morgan fingerprint density at radius 1 is 1.39 bits per heavy atom. The van der Waals surface area contributed by atoms with E-state index in [1.54, 1.807) is 23.9 Å². The van der Waals surface area contributed by atoms with Gasteiger partial charge in [-0.1, -0.05) is 0 Å². The highest BCUT2D eigenvalue weighted by molar-refractivity contribution is 5.79. The van der Waals surface area contributed by atoms with Gasteiger partial charge in [-0.2, -0.15) is 0 Å². The first-order valence-corrected chi connectivity index (χ1v) is 6.13. The molecule has 0 saturated carbocycles. The van der Waals surface area contributed by atoms with Gasteiger partial charge in [0.15, 0.2) is 0 Å². The van der Waals surface area contributed by atoms with Crippen molar-refractivity contribution in [2.75, 3.05) is 33.7 Å². The van der Waals surface area contributed by atoms with Gasteiger partial charge in [0.2, 0.25) is 5.91 Å². The van der Waals surface area contributed by atoms with Crippen molar-refractivity contribution in [3.05, 3.63) is 0 Å². The van der Waals surface area contributed by atoms with Crippen LogP contribution in [-0.4, -0.2) is 67.2 Å². The molecule has 1 saturated heterocycles. The molecule has 1 heterocycles. The summed E-state index contributed by atoms with van der Waals surface area (Å²) in [7, 11) is 3.50. The van der Waals surface area contributed by atoms with E-state index in [1.165, 1.54) is 0 Å². The molecule has 0 radical (unpaired) electrons. The summed E-state index contributed by atoms with van der Waals surface area (Å²) in [5.74, 6) is 0.0336. The van der Waals surface area contributed by atoms with E-state index in [-0.39, 0.29) is 18.0 Å². The van der Waals surface area contributed by atoms with Crippen LogP contribution in [0.15, 0.2) is 0 Å². The van der Waals surface area contributed by atoms with Crippen LogP contribution in [0.2, 0.25) is 0 Å². The van der Waals surface area contributed by atoms with Crippen molar-refractivity contribution in [2.24, 2.45) is 0 Å². The van der Waals surface area contributed by atoms with Gasteiger partial charge in [-0.15, -0.1) is 0 Å². The van der Waals surface area contributed by atoms with Crippen molar-refractivity contribution in [1.29, 1.82) is 0 Å². The smallest absolute Gasteiger partial charge is 0.410 e. The maximum atomic E-state index is 11.7. The molecule has 18 heavy (non-hydrogen) atoms. The summed E-state index contributed by atoms with van der Waals surface area (Å²) in [5.41, 5.74) is -0.476. The van der Waals surface area contributed by atoms with Crippen molar-refractivity contribution in [2.45, 2.75) is 32.4 Å². The van der Waals surface area contributed by atoms with Gasteiger partial charge in [-0.3, -0.25) is 4.79 Å². The number of hydrogen-bond acceptors (Lipinski definition) is 4. The molecule has 1 N–H and O–H groups in total. The van der Waals surface area contributed by atoms with Gasteiger partial charge in [0.25, 0.3) is 0 Å². The fourth-order valence-corrected chi connectivity index (χ4v) is 1.66. The van der Waals surface area contributed by atoms with Crippen molar-refractivity contribution >= 4 is 12.0 Å². The van der Waals surface area contributed by atoms with E-state index in [2.05, 4.69) is 5.32 Å². The Morgan fingerprint density at radius 2 is 1.94 bits per heavy atom.